The highest BCUT2D eigenvalue weighted by molar-refractivity contribution is 7.80. The molecule has 0 bridgehead atoms. The van der Waals surface area contributed by atoms with Gasteiger partial charge in [-0.15, -0.1) is 0 Å². The van der Waals surface area contributed by atoms with E-state index in [-0.39, 0.29) is 24.2 Å². The van der Waals surface area contributed by atoms with Gasteiger partial charge in [0.15, 0.2) is 18.2 Å². The second-order valence-electron chi connectivity index (χ2n) is 20.3. The molecule has 1 spiro atoms. The molecule has 19 atom stereocenters. The summed E-state index contributed by atoms with van der Waals surface area (Å²) in [5.41, 5.74) is -6.11. The number of ether oxygens (including phenoxy) is 5. The van der Waals surface area contributed by atoms with Crippen LogP contribution in [0.2, 0.25) is 0 Å². The van der Waals surface area contributed by atoms with Gasteiger partial charge in [-0.25, -0.2) is 4.18 Å². The third-order valence-corrected chi connectivity index (χ3v) is 17.0. The Morgan fingerprint density at radius 3 is 2.20 bits per heavy atom. The summed E-state index contributed by atoms with van der Waals surface area (Å²) in [5, 5.41) is 79.4. The zero-order valence-electron chi connectivity index (χ0n) is 35.3. The van der Waals surface area contributed by atoms with E-state index in [4.69, 9.17) is 23.7 Å². The quantitative estimate of drug-likeness (QED) is 0.0665. The van der Waals surface area contributed by atoms with E-state index in [1.165, 1.54) is 6.92 Å². The highest BCUT2D eigenvalue weighted by Crippen LogP contribution is 2.77. The Hall–Kier alpha value is -1.36. The van der Waals surface area contributed by atoms with Crippen LogP contribution in [0.15, 0.2) is 11.6 Å². The molecule has 7 rings (SSSR count). The molecule has 6 fully saturated rings. The molecular formula is C41H66O17S. The number of allylic oxidation sites excluding steroid dienone is 1. The first-order chi connectivity index (χ1) is 27.2. The number of hydrogen-bond acceptors (Lipinski definition) is 16. The van der Waals surface area contributed by atoms with Gasteiger partial charge in [-0.2, -0.15) is 8.42 Å². The van der Waals surface area contributed by atoms with E-state index in [2.05, 4.69) is 25.0 Å². The molecule has 7 aliphatic rings. The molecule has 4 aliphatic carbocycles. The topological polar surface area (TPSA) is 268 Å². The smallest absolute Gasteiger partial charge is 0.397 e. The van der Waals surface area contributed by atoms with Gasteiger partial charge in [0, 0.05) is 0 Å². The third kappa shape index (κ3) is 6.64. The number of aliphatic hydroxyl groups excluding tert-OH is 6. The largest absolute Gasteiger partial charge is 0.453 e. The number of aliphatic hydroxyl groups is 7. The normalized spacial score (nSPS) is 51.2. The monoisotopic (exact) mass is 862 g/mol. The molecule has 0 amide bonds. The average Bonchev–Trinajstić information content (AvgIpc) is 3.51. The first-order valence-electron chi connectivity index (χ1n) is 21.2. The van der Waals surface area contributed by atoms with Crippen LogP contribution in [0.1, 0.15) is 107 Å². The molecular weight excluding hydrogens is 797 g/mol. The predicted molar refractivity (Wildman–Crippen MR) is 205 cm³/mol. The number of esters is 1. The van der Waals surface area contributed by atoms with Crippen molar-refractivity contribution < 1.29 is 81.4 Å². The Bertz CT molecular complexity index is 1760. The second kappa shape index (κ2) is 15.1. The SMILES string of the molecule is CC(C)CC[C@@H](O)[C@]1(C)OC(=O)[C@]23[C@@H](O)C=C4[C@@H](CC[C@@H]5C(C)(C)[C@@H](O[C@@H]6OC[C@@H](OS(=O)(=O)O)[C@H](O)[C@H]6O[C@@H]6O[C@H](C)[C@@H](O)[C@H](O)[C@H]6O)CC[C@]45C)[C@]2(C)CC[C@@]31O. The van der Waals surface area contributed by atoms with E-state index in [1.54, 1.807) is 13.0 Å². The molecule has 18 heteroatoms. The van der Waals surface area contributed by atoms with Crippen LogP contribution in [0.4, 0.5) is 0 Å². The third-order valence-electron chi connectivity index (χ3n) is 16.5. The van der Waals surface area contributed by atoms with E-state index < -0.39 is 129 Å². The van der Waals surface area contributed by atoms with Crippen LogP contribution in [0, 0.1) is 39.4 Å². The number of carbonyl (C=O) groups excluding carboxylic acids is 1. The standard InChI is InChI=1S/C41H66O17S/c1-19(2)9-12-25(42)39(8)40(49)16-15-38(7)21-10-11-24-36(4,5)27(13-14-37(24,6)22(21)17-26(43)41(38,40)35(48)57-39)55-34-32(29(45)23(18-53-34)58-59(50,51)52)56-33-31(47)30(46)28(44)20(3)54-33/h17,19-21,23-34,42-47,49H,9-16,18H2,1-8H3,(H,50,51,52)/t20-,21-,23-,24-,25-,26+,27+,28-,29+,30+,31-,32-,33+,34+,37-,38+,39+,40+,41-/m1/s1. The number of fused-ring (bicyclic) bond motifs is 4. The van der Waals surface area contributed by atoms with E-state index in [1.807, 2.05) is 20.8 Å². The van der Waals surface area contributed by atoms with Crippen LogP contribution in [0.3, 0.4) is 0 Å². The van der Waals surface area contributed by atoms with Gasteiger partial charge in [-0.3, -0.25) is 9.35 Å². The van der Waals surface area contributed by atoms with Crippen molar-refractivity contribution in [2.24, 2.45) is 39.4 Å². The maximum Gasteiger partial charge on any atom is 0.397 e. The molecule has 3 aliphatic heterocycles. The summed E-state index contributed by atoms with van der Waals surface area (Å²) in [6, 6.07) is 0. The second-order valence-corrected chi connectivity index (χ2v) is 21.3. The summed E-state index contributed by atoms with van der Waals surface area (Å²) in [6.07, 6.45) is -11.2. The lowest BCUT2D eigenvalue weighted by atomic mass is 9.40. The molecule has 0 aromatic rings. The minimum absolute atomic E-state index is 0.0514. The predicted octanol–water partition coefficient (Wildman–Crippen LogP) is 1.27. The van der Waals surface area contributed by atoms with Crippen molar-refractivity contribution in [3.05, 3.63) is 11.6 Å². The summed E-state index contributed by atoms with van der Waals surface area (Å²) < 4.78 is 67.6. The molecule has 0 unspecified atom stereocenters. The molecule has 3 saturated heterocycles. The molecule has 3 saturated carbocycles. The molecule has 0 radical (unpaired) electrons. The van der Waals surface area contributed by atoms with Gasteiger partial charge in [0.1, 0.15) is 47.6 Å². The average molecular weight is 863 g/mol. The lowest BCUT2D eigenvalue weighted by Crippen LogP contribution is -2.69. The molecule has 0 aromatic carbocycles. The first kappa shape index (κ1) is 45.7. The van der Waals surface area contributed by atoms with Crippen LogP contribution >= 0.6 is 0 Å². The van der Waals surface area contributed by atoms with Crippen molar-refractivity contribution >= 4 is 16.4 Å². The van der Waals surface area contributed by atoms with Crippen molar-refractivity contribution in [1.29, 1.82) is 0 Å². The van der Waals surface area contributed by atoms with E-state index in [0.29, 0.717) is 44.9 Å². The van der Waals surface area contributed by atoms with Gasteiger partial charge >= 0.3 is 16.4 Å². The van der Waals surface area contributed by atoms with Crippen LogP contribution in [0.5, 0.6) is 0 Å². The van der Waals surface area contributed by atoms with Gasteiger partial charge in [-0.05, 0) is 99.2 Å². The highest BCUT2D eigenvalue weighted by atomic mass is 32.3. The molecule has 338 valence electrons. The van der Waals surface area contributed by atoms with Gasteiger partial charge < -0.3 is 59.4 Å². The molecule has 8 N–H and O–H groups in total. The Morgan fingerprint density at radius 2 is 1.56 bits per heavy atom. The number of hydrogen-bond donors (Lipinski definition) is 8. The summed E-state index contributed by atoms with van der Waals surface area (Å²) in [7, 11) is -5.05. The van der Waals surface area contributed by atoms with Gasteiger partial charge in [-0.1, -0.05) is 53.2 Å². The molecule has 59 heavy (non-hydrogen) atoms. The lowest BCUT2D eigenvalue weighted by Gasteiger charge is -2.64. The molecule has 0 aromatic heterocycles. The van der Waals surface area contributed by atoms with Gasteiger partial charge in [0.2, 0.25) is 0 Å². The fourth-order valence-corrected chi connectivity index (χ4v) is 13.6. The minimum Gasteiger partial charge on any atom is -0.453 e. The number of rotatable bonds is 10. The van der Waals surface area contributed by atoms with Crippen LogP contribution in [-0.2, 0) is 43.1 Å². The molecule has 3 heterocycles. The van der Waals surface area contributed by atoms with E-state index in [0.717, 1.165) is 5.57 Å². The van der Waals surface area contributed by atoms with Crippen molar-refractivity contribution in [2.45, 2.75) is 192 Å². The van der Waals surface area contributed by atoms with E-state index >= 15 is 0 Å². The number of cyclic esters (lactones) is 1. The minimum atomic E-state index is -5.05. The summed E-state index contributed by atoms with van der Waals surface area (Å²) in [4.78, 5) is 14.4. The lowest BCUT2D eigenvalue weighted by molar-refractivity contribution is -0.362. The maximum absolute atomic E-state index is 14.4. The van der Waals surface area contributed by atoms with Crippen molar-refractivity contribution in [2.75, 3.05) is 6.61 Å². The molecule has 17 nitrogen and oxygen atoms in total. The van der Waals surface area contributed by atoms with Crippen molar-refractivity contribution in [3.63, 3.8) is 0 Å². The maximum atomic E-state index is 14.4. The Balaban J connectivity index is 1.16. The Labute approximate surface area is 346 Å². The fraction of sp³-hybridized carbons (Fsp3) is 0.927. The zero-order valence-corrected chi connectivity index (χ0v) is 36.1. The van der Waals surface area contributed by atoms with Crippen LogP contribution in [-0.4, -0.2) is 146 Å². The summed E-state index contributed by atoms with van der Waals surface area (Å²) in [5.74, 6) is -0.638. The summed E-state index contributed by atoms with van der Waals surface area (Å²) >= 11 is 0. The van der Waals surface area contributed by atoms with Gasteiger partial charge in [0.05, 0.1) is 31.0 Å². The van der Waals surface area contributed by atoms with Gasteiger partial charge in [0.25, 0.3) is 0 Å². The Morgan fingerprint density at radius 1 is 0.881 bits per heavy atom. The highest BCUT2D eigenvalue weighted by Gasteiger charge is 2.86. The zero-order chi connectivity index (χ0) is 43.6. The van der Waals surface area contributed by atoms with E-state index in [9.17, 15) is 53.5 Å². The fourth-order valence-electron chi connectivity index (χ4n) is 13.1. The van der Waals surface area contributed by atoms with Crippen molar-refractivity contribution in [3.8, 4) is 0 Å². The first-order valence-corrected chi connectivity index (χ1v) is 22.6. The van der Waals surface area contributed by atoms with Crippen molar-refractivity contribution in [1.82, 2.24) is 0 Å². The summed E-state index contributed by atoms with van der Waals surface area (Å²) in [6.45, 7) is 14.9. The van der Waals surface area contributed by atoms with Crippen LogP contribution < -0.4 is 0 Å². The Kier molecular flexibility index (Phi) is 11.7. The van der Waals surface area contributed by atoms with Crippen LogP contribution in [0.25, 0.3) is 0 Å². The number of carbonyl (C=O) groups is 1.